The SMILES string of the molecule is CO[C@@H]1[C@@H](n2cc(-c3cc(F)c(F)c(F)c3)nn2)[C@@H](O)[C@@H](CO)O[C@H]1C(=O)N(Cc1cccnc1C(F)(F)F)[C@H]1CCCC[C@@H]1O. The quantitative estimate of drug-likeness (QED) is 0.246. The highest BCUT2D eigenvalue weighted by molar-refractivity contribution is 5.82. The van der Waals surface area contributed by atoms with Gasteiger partial charge in [0.2, 0.25) is 0 Å². The summed E-state index contributed by atoms with van der Waals surface area (Å²) in [6, 6.07) is 1.58. The number of aliphatic hydroxyl groups excluding tert-OH is 3. The topological polar surface area (TPSA) is 143 Å². The number of aliphatic hydroxyl groups is 3. The Morgan fingerprint density at radius 1 is 1.15 bits per heavy atom. The van der Waals surface area contributed by atoms with Gasteiger partial charge in [0.25, 0.3) is 5.91 Å². The van der Waals surface area contributed by atoms with E-state index in [0.717, 1.165) is 22.0 Å². The van der Waals surface area contributed by atoms with Crippen molar-refractivity contribution >= 4 is 5.91 Å². The van der Waals surface area contributed by atoms with Crippen molar-refractivity contribution in [2.45, 2.75) is 81.0 Å². The lowest BCUT2D eigenvalue weighted by Gasteiger charge is -2.46. The molecular formula is C29H31F6N5O6. The number of amides is 1. The molecule has 3 heterocycles. The van der Waals surface area contributed by atoms with Gasteiger partial charge in [-0.25, -0.2) is 17.9 Å². The fourth-order valence-corrected chi connectivity index (χ4v) is 6.10. The number of methoxy groups -OCH3 is 1. The van der Waals surface area contributed by atoms with Gasteiger partial charge in [0.1, 0.15) is 35.7 Å². The van der Waals surface area contributed by atoms with Gasteiger partial charge in [-0.15, -0.1) is 5.10 Å². The number of nitrogens with zero attached hydrogens (tertiary/aromatic N) is 5. The number of halogens is 6. The lowest BCUT2D eigenvalue weighted by Crippen LogP contribution is -2.62. The summed E-state index contributed by atoms with van der Waals surface area (Å²) in [6.07, 6.45) is -8.09. The maximum absolute atomic E-state index is 14.3. The zero-order valence-electron chi connectivity index (χ0n) is 24.3. The van der Waals surface area contributed by atoms with Crippen molar-refractivity contribution in [3.8, 4) is 11.3 Å². The van der Waals surface area contributed by atoms with Crippen LogP contribution in [0.3, 0.4) is 0 Å². The van der Waals surface area contributed by atoms with E-state index in [1.54, 1.807) is 0 Å². The van der Waals surface area contributed by atoms with Crippen LogP contribution in [0.1, 0.15) is 43.0 Å². The molecule has 0 spiro atoms. The molecule has 2 fully saturated rings. The normalized spacial score (nSPS) is 27.0. The summed E-state index contributed by atoms with van der Waals surface area (Å²) in [6.45, 7) is -1.41. The van der Waals surface area contributed by atoms with Crippen molar-refractivity contribution in [2.24, 2.45) is 0 Å². The minimum absolute atomic E-state index is 0.141. The Hall–Kier alpha value is -3.64. The molecule has 1 aliphatic heterocycles. The van der Waals surface area contributed by atoms with E-state index in [9.17, 15) is 46.5 Å². The van der Waals surface area contributed by atoms with Crippen LogP contribution in [-0.4, -0.2) is 96.4 Å². The zero-order valence-corrected chi connectivity index (χ0v) is 24.3. The van der Waals surface area contributed by atoms with Crippen LogP contribution >= 0.6 is 0 Å². The zero-order chi connectivity index (χ0) is 33.3. The van der Waals surface area contributed by atoms with Crippen LogP contribution in [0.5, 0.6) is 0 Å². The summed E-state index contributed by atoms with van der Waals surface area (Å²) >= 11 is 0. The van der Waals surface area contributed by atoms with E-state index in [1.165, 1.54) is 19.2 Å². The van der Waals surface area contributed by atoms with Gasteiger partial charge in [-0.2, -0.15) is 13.2 Å². The van der Waals surface area contributed by atoms with Gasteiger partial charge in [-0.1, -0.05) is 24.1 Å². The van der Waals surface area contributed by atoms with Gasteiger partial charge in [-0.05, 0) is 31.0 Å². The molecule has 11 nitrogen and oxygen atoms in total. The molecule has 1 saturated heterocycles. The Labute approximate surface area is 258 Å². The molecule has 0 radical (unpaired) electrons. The molecule has 2 aromatic heterocycles. The maximum Gasteiger partial charge on any atom is 0.433 e. The molecule has 1 saturated carbocycles. The molecule has 3 N–H and O–H groups in total. The van der Waals surface area contributed by atoms with Gasteiger partial charge < -0.3 is 29.7 Å². The number of hydrogen-bond donors (Lipinski definition) is 3. The third-order valence-electron chi connectivity index (χ3n) is 8.36. The van der Waals surface area contributed by atoms with Gasteiger partial charge in [0.15, 0.2) is 23.6 Å². The molecule has 1 aliphatic carbocycles. The summed E-state index contributed by atoms with van der Waals surface area (Å²) in [7, 11) is 1.18. The summed E-state index contributed by atoms with van der Waals surface area (Å²) < 4.78 is 95.4. The van der Waals surface area contributed by atoms with Crippen LogP contribution in [-0.2, 0) is 27.0 Å². The summed E-state index contributed by atoms with van der Waals surface area (Å²) in [5.41, 5.74) is -1.88. The third-order valence-corrected chi connectivity index (χ3v) is 8.36. The van der Waals surface area contributed by atoms with Crippen molar-refractivity contribution in [3.05, 3.63) is 65.4 Å². The van der Waals surface area contributed by atoms with Gasteiger partial charge in [-0.3, -0.25) is 9.78 Å². The molecule has 17 heteroatoms. The molecule has 1 amide bonds. The number of ether oxygens (including phenoxy) is 2. The van der Waals surface area contributed by atoms with Gasteiger partial charge in [0.05, 0.1) is 24.9 Å². The van der Waals surface area contributed by atoms with Crippen molar-refractivity contribution in [1.29, 1.82) is 0 Å². The first-order valence-corrected chi connectivity index (χ1v) is 14.4. The Bertz CT molecular complexity index is 1520. The highest BCUT2D eigenvalue weighted by atomic mass is 19.4. The van der Waals surface area contributed by atoms with Crippen molar-refractivity contribution in [3.63, 3.8) is 0 Å². The largest absolute Gasteiger partial charge is 0.433 e. The number of pyridine rings is 1. The number of carbonyl (C=O) groups excluding carboxylic acids is 1. The predicted octanol–water partition coefficient (Wildman–Crippen LogP) is 2.79. The fraction of sp³-hybridized carbons (Fsp3) is 0.517. The molecule has 2 aliphatic rings. The van der Waals surface area contributed by atoms with E-state index < -0.39 is 91.0 Å². The highest BCUT2D eigenvalue weighted by Gasteiger charge is 2.52. The third kappa shape index (κ3) is 6.60. The van der Waals surface area contributed by atoms with Crippen molar-refractivity contribution in [2.75, 3.05) is 13.7 Å². The molecule has 3 aromatic rings. The minimum atomic E-state index is -4.84. The predicted molar refractivity (Wildman–Crippen MR) is 145 cm³/mol. The lowest BCUT2D eigenvalue weighted by molar-refractivity contribution is -0.219. The Balaban J connectivity index is 1.53. The van der Waals surface area contributed by atoms with Crippen LogP contribution in [0, 0.1) is 17.5 Å². The minimum Gasteiger partial charge on any atom is -0.394 e. The molecule has 5 rings (SSSR count). The average molecular weight is 660 g/mol. The second-order valence-corrected chi connectivity index (χ2v) is 11.2. The second-order valence-electron chi connectivity index (χ2n) is 11.2. The summed E-state index contributed by atoms with van der Waals surface area (Å²) in [5, 5.41) is 39.9. The Kier molecular flexibility index (Phi) is 9.97. The summed E-state index contributed by atoms with van der Waals surface area (Å²) in [5.74, 6) is -5.55. The Morgan fingerprint density at radius 2 is 1.85 bits per heavy atom. The molecule has 250 valence electrons. The van der Waals surface area contributed by atoms with Crippen LogP contribution in [0.2, 0.25) is 0 Å². The van der Waals surface area contributed by atoms with E-state index in [-0.39, 0.29) is 23.2 Å². The molecule has 0 unspecified atom stereocenters. The molecule has 7 atom stereocenters. The fourth-order valence-electron chi connectivity index (χ4n) is 6.10. The standard InChI is InChI=1S/C29H31F6N5O6/c1-45-25-23(40-12-18(37-38-40)15-9-16(30)22(32)17(31)10-15)24(43)21(13-41)46-26(25)28(44)39(19-6-2-3-7-20(19)42)11-14-5-4-8-36-27(14)29(33,34)35/h4-5,8-10,12,19-21,23-26,41-43H,2-3,6-7,11,13H2,1H3/t19-,20-,21+,23-,24-,25+,26+/m0/s1. The van der Waals surface area contributed by atoms with Crippen LogP contribution in [0.15, 0.2) is 36.7 Å². The number of alkyl halides is 3. The lowest BCUT2D eigenvalue weighted by atomic mass is 9.88. The monoisotopic (exact) mass is 659 g/mol. The van der Waals surface area contributed by atoms with Gasteiger partial charge in [0, 0.05) is 31.0 Å². The van der Waals surface area contributed by atoms with Crippen molar-refractivity contribution in [1.82, 2.24) is 24.9 Å². The van der Waals surface area contributed by atoms with E-state index in [2.05, 4.69) is 15.3 Å². The summed E-state index contributed by atoms with van der Waals surface area (Å²) in [4.78, 5) is 18.9. The molecular weight excluding hydrogens is 628 g/mol. The second kappa shape index (κ2) is 13.6. The number of rotatable bonds is 8. The molecule has 0 bridgehead atoms. The first-order chi connectivity index (χ1) is 21.8. The first-order valence-electron chi connectivity index (χ1n) is 14.4. The number of aromatic nitrogens is 4. The maximum atomic E-state index is 14.3. The number of carbonyl (C=O) groups is 1. The van der Waals surface area contributed by atoms with E-state index in [1.807, 2.05) is 0 Å². The van der Waals surface area contributed by atoms with Crippen LogP contribution in [0.4, 0.5) is 26.3 Å². The average Bonchev–Trinajstić information content (AvgIpc) is 3.51. The smallest absolute Gasteiger partial charge is 0.394 e. The molecule has 46 heavy (non-hydrogen) atoms. The molecule has 1 aromatic carbocycles. The van der Waals surface area contributed by atoms with Crippen molar-refractivity contribution < 1.29 is 55.9 Å². The van der Waals surface area contributed by atoms with Crippen LogP contribution < -0.4 is 0 Å². The highest BCUT2D eigenvalue weighted by Crippen LogP contribution is 2.37. The van der Waals surface area contributed by atoms with E-state index >= 15 is 0 Å². The van der Waals surface area contributed by atoms with Gasteiger partial charge >= 0.3 is 6.18 Å². The number of benzene rings is 1. The Morgan fingerprint density at radius 3 is 2.48 bits per heavy atom. The first kappa shape index (κ1) is 33.7. The number of hydrogen-bond acceptors (Lipinski definition) is 9. The van der Waals surface area contributed by atoms with E-state index in [0.29, 0.717) is 31.4 Å². The van der Waals surface area contributed by atoms with E-state index in [4.69, 9.17) is 9.47 Å². The van der Waals surface area contributed by atoms with Crippen LogP contribution in [0.25, 0.3) is 11.3 Å².